The number of hydrazine groups is 2. The van der Waals surface area contributed by atoms with Crippen LogP contribution in [0.15, 0.2) is 18.3 Å². The number of thiol groups is 2. The fourth-order valence-electron chi connectivity index (χ4n) is 1.81. The van der Waals surface area contributed by atoms with Crippen LogP contribution in [0, 0.1) is 0 Å². The summed E-state index contributed by atoms with van der Waals surface area (Å²) in [6, 6.07) is 3.82. The number of aromatic nitrogens is 1. The molecule has 2 heterocycles. The maximum absolute atomic E-state index is 5.26. The maximum atomic E-state index is 5.26. The highest BCUT2D eigenvalue weighted by molar-refractivity contribution is 8.12. The summed E-state index contributed by atoms with van der Waals surface area (Å²) in [4.78, 5) is 3.12. The predicted molar refractivity (Wildman–Crippen MR) is 97.2 cm³/mol. The van der Waals surface area contributed by atoms with Crippen molar-refractivity contribution in [3.05, 3.63) is 18.3 Å². The molecule has 0 atom stereocenters. The third-order valence-corrected chi connectivity index (χ3v) is 4.25. The van der Waals surface area contributed by atoms with Gasteiger partial charge >= 0.3 is 0 Å². The summed E-state index contributed by atoms with van der Waals surface area (Å²) in [6.45, 7) is 1.80. The number of hydrogen-bond donors (Lipinski definition) is 3. The van der Waals surface area contributed by atoms with Gasteiger partial charge in [-0.1, -0.05) is 12.2 Å². The molecule has 0 bridgehead atoms. The molecule has 2 rings (SSSR count). The standard InChI is InChI=1S/C10H14N4S5/c15-9(16)13(8-2-1-3-11-8)14(10(17)18)12-4-6-19-7-5-12/h1-3,11H,4-7H2,(H,15,16)(H,17,18). The van der Waals surface area contributed by atoms with Crippen LogP contribution in [0.4, 0.5) is 5.82 Å². The molecule has 0 unspecified atom stereocenters. The zero-order chi connectivity index (χ0) is 13.8. The molecule has 9 heteroatoms. The van der Waals surface area contributed by atoms with Gasteiger partial charge in [-0.05, 0) is 24.4 Å². The van der Waals surface area contributed by atoms with Crippen molar-refractivity contribution < 1.29 is 0 Å². The molecule has 1 aromatic heterocycles. The predicted octanol–water partition coefficient (Wildman–Crippen LogP) is 2.43. The van der Waals surface area contributed by atoms with E-state index in [0.717, 1.165) is 30.4 Å². The summed E-state index contributed by atoms with van der Waals surface area (Å²) < 4.78 is 0.856. The molecular formula is C10H14N4S5. The first-order chi connectivity index (χ1) is 9.11. The van der Waals surface area contributed by atoms with E-state index >= 15 is 0 Å². The molecule has 4 nitrogen and oxygen atoms in total. The Kier molecular flexibility index (Phi) is 5.85. The number of aromatic amines is 1. The first-order valence-electron chi connectivity index (χ1n) is 5.63. The second-order valence-electron chi connectivity index (χ2n) is 3.79. The van der Waals surface area contributed by atoms with Gasteiger partial charge < -0.3 is 4.98 Å². The van der Waals surface area contributed by atoms with Crippen LogP contribution in [-0.2, 0) is 0 Å². The quantitative estimate of drug-likeness (QED) is 0.431. The molecule has 0 aliphatic carbocycles. The summed E-state index contributed by atoms with van der Waals surface area (Å²) in [5.41, 5.74) is 0. The lowest BCUT2D eigenvalue weighted by atomic mass is 10.6. The molecule has 19 heavy (non-hydrogen) atoms. The zero-order valence-electron chi connectivity index (χ0n) is 10.0. The van der Waals surface area contributed by atoms with Crippen molar-refractivity contribution in [1.29, 1.82) is 0 Å². The number of thiocarbonyl (C=S) groups is 2. The fraction of sp³-hybridized carbons (Fsp3) is 0.400. The Balaban J connectivity index is 2.29. The van der Waals surface area contributed by atoms with Gasteiger partial charge in [0.1, 0.15) is 5.82 Å². The van der Waals surface area contributed by atoms with Crippen molar-refractivity contribution in [2.75, 3.05) is 29.6 Å². The van der Waals surface area contributed by atoms with Crippen molar-refractivity contribution in [3.63, 3.8) is 0 Å². The molecule has 0 radical (unpaired) electrons. The molecule has 1 fully saturated rings. The minimum Gasteiger partial charge on any atom is -0.347 e. The molecule has 0 spiro atoms. The summed E-state index contributed by atoms with van der Waals surface area (Å²) in [5.74, 6) is 2.94. The Morgan fingerprint density at radius 2 is 1.95 bits per heavy atom. The second-order valence-corrected chi connectivity index (χ2v) is 7.24. The molecule has 0 saturated carbocycles. The van der Waals surface area contributed by atoms with Crippen LogP contribution in [0.3, 0.4) is 0 Å². The van der Waals surface area contributed by atoms with E-state index in [1.54, 1.807) is 10.1 Å². The van der Waals surface area contributed by atoms with Crippen LogP contribution < -0.4 is 5.01 Å². The van der Waals surface area contributed by atoms with E-state index in [0.29, 0.717) is 8.64 Å². The minimum atomic E-state index is 0.414. The van der Waals surface area contributed by atoms with Gasteiger partial charge in [-0.15, -0.1) is 25.3 Å². The van der Waals surface area contributed by atoms with E-state index < -0.39 is 0 Å². The molecule has 1 aromatic rings. The fourth-order valence-corrected chi connectivity index (χ4v) is 3.48. The van der Waals surface area contributed by atoms with Crippen LogP contribution >= 0.6 is 61.5 Å². The Bertz CT molecular complexity index is 443. The molecule has 0 aromatic carbocycles. The number of thioether (sulfide) groups is 1. The van der Waals surface area contributed by atoms with E-state index in [9.17, 15) is 0 Å². The first kappa shape index (κ1) is 15.5. The van der Waals surface area contributed by atoms with Crippen LogP contribution in [0.1, 0.15) is 0 Å². The molecule has 1 saturated heterocycles. The lowest BCUT2D eigenvalue weighted by Crippen LogP contribution is -2.58. The van der Waals surface area contributed by atoms with Gasteiger partial charge in [0.2, 0.25) is 0 Å². The van der Waals surface area contributed by atoms with E-state index in [1.807, 2.05) is 30.1 Å². The van der Waals surface area contributed by atoms with E-state index in [2.05, 4.69) is 35.3 Å². The summed E-state index contributed by atoms with van der Waals surface area (Å²) in [7, 11) is 0. The smallest absolute Gasteiger partial charge is 0.170 e. The SMILES string of the molecule is S=C(S)N(c1ccc[nH]1)N(C(=S)S)N1CCSCC1. The highest BCUT2D eigenvalue weighted by Crippen LogP contribution is 2.22. The first-order valence-corrected chi connectivity index (χ1v) is 8.50. The third kappa shape index (κ3) is 3.79. The van der Waals surface area contributed by atoms with Crippen LogP contribution in [0.25, 0.3) is 0 Å². The largest absolute Gasteiger partial charge is 0.347 e. The van der Waals surface area contributed by atoms with Gasteiger partial charge in [-0.25, -0.2) is 5.01 Å². The van der Waals surface area contributed by atoms with Crippen molar-refractivity contribution in [3.8, 4) is 0 Å². The molecular weight excluding hydrogens is 336 g/mol. The monoisotopic (exact) mass is 350 g/mol. The topological polar surface area (TPSA) is 25.5 Å². The third-order valence-electron chi connectivity index (χ3n) is 2.61. The van der Waals surface area contributed by atoms with E-state index in [-0.39, 0.29) is 0 Å². The Hall–Kier alpha value is 0.0700. The van der Waals surface area contributed by atoms with Crippen molar-refractivity contribution >= 4 is 75.9 Å². The Morgan fingerprint density at radius 1 is 1.26 bits per heavy atom. The van der Waals surface area contributed by atoms with Crippen molar-refractivity contribution in [1.82, 2.24) is 15.1 Å². The van der Waals surface area contributed by atoms with Gasteiger partial charge in [0.25, 0.3) is 0 Å². The molecule has 1 N–H and O–H groups in total. The summed E-state index contributed by atoms with van der Waals surface area (Å²) >= 11 is 21.1. The van der Waals surface area contributed by atoms with Crippen LogP contribution in [0.2, 0.25) is 0 Å². The summed E-state index contributed by atoms with van der Waals surface area (Å²) in [6.07, 6.45) is 1.83. The van der Waals surface area contributed by atoms with Gasteiger partial charge in [0, 0.05) is 30.8 Å². The molecule has 1 aliphatic rings. The Morgan fingerprint density at radius 3 is 2.42 bits per heavy atom. The van der Waals surface area contributed by atoms with Crippen molar-refractivity contribution in [2.45, 2.75) is 0 Å². The van der Waals surface area contributed by atoms with E-state index in [4.69, 9.17) is 24.4 Å². The zero-order valence-corrected chi connectivity index (χ0v) is 14.3. The van der Waals surface area contributed by atoms with Gasteiger partial charge in [0.15, 0.2) is 8.64 Å². The second kappa shape index (κ2) is 7.19. The number of hydrogen-bond acceptors (Lipinski definition) is 4. The van der Waals surface area contributed by atoms with Gasteiger partial charge in [0.05, 0.1) is 0 Å². The molecule has 1 aliphatic heterocycles. The Labute approximate surface area is 138 Å². The van der Waals surface area contributed by atoms with Crippen molar-refractivity contribution in [2.24, 2.45) is 0 Å². The lowest BCUT2D eigenvalue weighted by Gasteiger charge is -2.43. The molecule has 104 valence electrons. The van der Waals surface area contributed by atoms with Gasteiger partial charge in [-0.3, -0.25) is 0 Å². The summed E-state index contributed by atoms with van der Waals surface area (Å²) in [5, 5.41) is 5.69. The van der Waals surface area contributed by atoms with Crippen LogP contribution in [-0.4, -0.2) is 48.3 Å². The van der Waals surface area contributed by atoms with Gasteiger partial charge in [-0.2, -0.15) is 21.9 Å². The number of nitrogens with one attached hydrogen (secondary N) is 1. The number of nitrogens with zero attached hydrogens (tertiary/aromatic N) is 3. The maximum Gasteiger partial charge on any atom is 0.170 e. The number of rotatable bonds is 2. The van der Waals surface area contributed by atoms with E-state index in [1.165, 1.54) is 0 Å². The number of H-pyrrole nitrogens is 1. The highest BCUT2D eigenvalue weighted by atomic mass is 32.2. The highest BCUT2D eigenvalue weighted by Gasteiger charge is 2.28. The lowest BCUT2D eigenvalue weighted by molar-refractivity contribution is 0.0667. The average molecular weight is 351 g/mol. The minimum absolute atomic E-state index is 0.414. The average Bonchev–Trinajstić information content (AvgIpc) is 2.89. The normalized spacial score (nSPS) is 16.1. The van der Waals surface area contributed by atoms with Crippen LogP contribution in [0.5, 0.6) is 0 Å². The molecule has 0 amide bonds. The number of anilines is 1.